The number of nitrogens with zero attached hydrogens (tertiary/aromatic N) is 5. The maximum absolute atomic E-state index is 5.59. The van der Waals surface area contributed by atoms with Crippen molar-refractivity contribution in [1.29, 1.82) is 0 Å². The highest BCUT2D eigenvalue weighted by atomic mass is 16.5. The van der Waals surface area contributed by atoms with Gasteiger partial charge in [0.15, 0.2) is 0 Å². The van der Waals surface area contributed by atoms with Gasteiger partial charge < -0.3 is 15.2 Å². The molecule has 2 rings (SSSR count). The molecular weight excluding hydrogens is 236 g/mol. The van der Waals surface area contributed by atoms with Crippen molar-refractivity contribution < 1.29 is 9.47 Å². The summed E-state index contributed by atoms with van der Waals surface area (Å²) in [7, 11) is 1.64. The largest absolute Gasteiger partial charge is 0.463 e. The number of hydrogen-bond acceptors (Lipinski definition) is 7. The number of nitrogens with two attached hydrogens (primary N) is 1. The lowest BCUT2D eigenvalue weighted by Crippen LogP contribution is -2.10. The molecule has 0 unspecified atom stereocenters. The molecule has 0 aliphatic carbocycles. The predicted molar refractivity (Wildman–Crippen MR) is 63.3 cm³/mol. The second-order valence-electron chi connectivity index (χ2n) is 3.42. The lowest BCUT2D eigenvalue weighted by Gasteiger charge is -2.06. The van der Waals surface area contributed by atoms with Crippen LogP contribution in [0.2, 0.25) is 0 Å². The number of ether oxygens (including phenoxy) is 2. The molecule has 2 N–H and O–H groups in total. The maximum atomic E-state index is 5.59. The van der Waals surface area contributed by atoms with E-state index in [1.165, 1.54) is 4.68 Å². The summed E-state index contributed by atoms with van der Waals surface area (Å²) >= 11 is 0. The summed E-state index contributed by atoms with van der Waals surface area (Å²) < 4.78 is 11.8. The van der Waals surface area contributed by atoms with Gasteiger partial charge in [-0.3, -0.25) is 0 Å². The summed E-state index contributed by atoms with van der Waals surface area (Å²) in [5.74, 6) is 0.423. The van der Waals surface area contributed by atoms with Crippen LogP contribution in [0.15, 0.2) is 18.5 Å². The molecular formula is C10H14N6O2. The molecule has 0 aromatic carbocycles. The Balaban J connectivity index is 2.07. The van der Waals surface area contributed by atoms with Crippen LogP contribution < -0.4 is 10.5 Å². The van der Waals surface area contributed by atoms with E-state index in [1.54, 1.807) is 25.6 Å². The van der Waals surface area contributed by atoms with Crippen LogP contribution in [0.5, 0.6) is 6.01 Å². The second-order valence-corrected chi connectivity index (χ2v) is 3.42. The fourth-order valence-electron chi connectivity index (χ4n) is 1.28. The molecule has 2 aromatic heterocycles. The van der Waals surface area contributed by atoms with Gasteiger partial charge in [-0.1, -0.05) is 0 Å². The summed E-state index contributed by atoms with van der Waals surface area (Å²) in [4.78, 5) is 12.0. The van der Waals surface area contributed by atoms with Crippen LogP contribution in [0.3, 0.4) is 0 Å². The molecule has 18 heavy (non-hydrogen) atoms. The van der Waals surface area contributed by atoms with Crippen LogP contribution in [-0.2, 0) is 4.74 Å². The molecule has 0 saturated carbocycles. The van der Waals surface area contributed by atoms with Gasteiger partial charge in [0.25, 0.3) is 5.95 Å². The molecule has 0 aliphatic heterocycles. The third-order valence-electron chi connectivity index (χ3n) is 2.05. The first-order chi connectivity index (χ1) is 8.79. The number of aromatic nitrogens is 5. The minimum Gasteiger partial charge on any atom is -0.463 e. The Kier molecular flexibility index (Phi) is 4.02. The van der Waals surface area contributed by atoms with Crippen molar-refractivity contribution in [1.82, 2.24) is 24.7 Å². The van der Waals surface area contributed by atoms with E-state index >= 15 is 0 Å². The van der Waals surface area contributed by atoms with Gasteiger partial charge >= 0.3 is 6.01 Å². The average molecular weight is 250 g/mol. The van der Waals surface area contributed by atoms with Gasteiger partial charge in [0, 0.05) is 32.5 Å². The van der Waals surface area contributed by atoms with Crippen LogP contribution in [0.25, 0.3) is 5.95 Å². The molecule has 0 bridgehead atoms. The first-order valence-electron chi connectivity index (χ1n) is 5.43. The lowest BCUT2D eigenvalue weighted by atomic mass is 10.5. The summed E-state index contributed by atoms with van der Waals surface area (Å²) in [6.45, 7) is 1.07. The van der Waals surface area contributed by atoms with Gasteiger partial charge in [-0.2, -0.15) is 20.1 Å². The normalized spacial score (nSPS) is 10.5. The van der Waals surface area contributed by atoms with E-state index in [-0.39, 0.29) is 12.0 Å². The van der Waals surface area contributed by atoms with Crippen molar-refractivity contribution in [3.8, 4) is 12.0 Å². The fourth-order valence-corrected chi connectivity index (χ4v) is 1.28. The van der Waals surface area contributed by atoms with E-state index in [1.807, 2.05) is 0 Å². The molecule has 0 fully saturated rings. The third-order valence-corrected chi connectivity index (χ3v) is 2.05. The first-order valence-corrected chi connectivity index (χ1v) is 5.43. The van der Waals surface area contributed by atoms with Gasteiger partial charge in [-0.05, 0) is 6.07 Å². The van der Waals surface area contributed by atoms with Crippen LogP contribution in [0, 0.1) is 0 Å². The molecule has 0 spiro atoms. The lowest BCUT2D eigenvalue weighted by molar-refractivity contribution is 0.168. The second kappa shape index (κ2) is 5.92. The monoisotopic (exact) mass is 250 g/mol. The smallest absolute Gasteiger partial charge is 0.323 e. The number of hydrogen-bond donors (Lipinski definition) is 1. The number of anilines is 1. The standard InChI is InChI=1S/C10H14N6O2/c1-17-6-3-7-18-10-14-8(11)13-9(15-10)16-5-2-4-12-16/h2,4-5H,3,6-7H2,1H3,(H2,11,13,14,15). The zero-order valence-corrected chi connectivity index (χ0v) is 9.98. The van der Waals surface area contributed by atoms with Crippen molar-refractivity contribution in [2.45, 2.75) is 6.42 Å². The minimum absolute atomic E-state index is 0.0947. The van der Waals surface area contributed by atoms with Crippen molar-refractivity contribution in [3.63, 3.8) is 0 Å². The van der Waals surface area contributed by atoms with Crippen LogP contribution in [0.4, 0.5) is 5.95 Å². The maximum Gasteiger partial charge on any atom is 0.323 e. The highest BCUT2D eigenvalue weighted by Crippen LogP contribution is 2.08. The minimum atomic E-state index is 0.0947. The molecule has 0 amide bonds. The fraction of sp³-hybridized carbons (Fsp3) is 0.400. The molecule has 2 aromatic rings. The van der Waals surface area contributed by atoms with E-state index < -0.39 is 0 Å². The Morgan fingerprint density at radius 1 is 1.28 bits per heavy atom. The highest BCUT2D eigenvalue weighted by molar-refractivity contribution is 5.24. The molecule has 96 valence electrons. The Labute approximate surface area is 104 Å². The molecule has 0 aliphatic rings. The number of rotatable bonds is 6. The Morgan fingerprint density at radius 2 is 2.17 bits per heavy atom. The first kappa shape index (κ1) is 12.2. The Morgan fingerprint density at radius 3 is 2.89 bits per heavy atom. The molecule has 2 heterocycles. The highest BCUT2D eigenvalue weighted by Gasteiger charge is 2.07. The van der Waals surface area contributed by atoms with Gasteiger partial charge in [-0.25, -0.2) is 4.68 Å². The average Bonchev–Trinajstić information content (AvgIpc) is 2.88. The van der Waals surface area contributed by atoms with Gasteiger partial charge in [0.1, 0.15) is 0 Å². The van der Waals surface area contributed by atoms with Gasteiger partial charge in [0.05, 0.1) is 6.61 Å². The van der Waals surface area contributed by atoms with E-state index in [2.05, 4.69) is 20.1 Å². The Bertz CT molecular complexity index is 487. The zero-order valence-electron chi connectivity index (χ0n) is 9.98. The van der Waals surface area contributed by atoms with E-state index in [0.717, 1.165) is 6.42 Å². The molecule has 0 radical (unpaired) electrons. The zero-order chi connectivity index (χ0) is 12.8. The van der Waals surface area contributed by atoms with Gasteiger partial charge in [0.2, 0.25) is 5.95 Å². The summed E-state index contributed by atoms with van der Waals surface area (Å²) in [5.41, 5.74) is 5.59. The summed E-state index contributed by atoms with van der Waals surface area (Å²) in [5, 5.41) is 4.01. The van der Waals surface area contributed by atoms with Crippen LogP contribution >= 0.6 is 0 Å². The van der Waals surface area contributed by atoms with Crippen molar-refractivity contribution in [3.05, 3.63) is 18.5 Å². The van der Waals surface area contributed by atoms with E-state index in [9.17, 15) is 0 Å². The SMILES string of the molecule is COCCCOc1nc(N)nc(-n2cccn2)n1. The van der Waals surface area contributed by atoms with Crippen molar-refractivity contribution in [2.75, 3.05) is 26.1 Å². The molecule has 8 nitrogen and oxygen atoms in total. The van der Waals surface area contributed by atoms with E-state index in [4.69, 9.17) is 15.2 Å². The van der Waals surface area contributed by atoms with Crippen molar-refractivity contribution >= 4 is 5.95 Å². The topological polar surface area (TPSA) is 101 Å². The van der Waals surface area contributed by atoms with Crippen LogP contribution in [-0.4, -0.2) is 45.1 Å². The van der Waals surface area contributed by atoms with Crippen LogP contribution in [0.1, 0.15) is 6.42 Å². The number of nitrogen functional groups attached to an aromatic ring is 1. The van der Waals surface area contributed by atoms with Crippen molar-refractivity contribution in [2.24, 2.45) is 0 Å². The quantitative estimate of drug-likeness (QED) is 0.723. The Hall–Kier alpha value is -2.22. The molecule has 0 atom stereocenters. The van der Waals surface area contributed by atoms with E-state index in [0.29, 0.717) is 19.2 Å². The van der Waals surface area contributed by atoms with Gasteiger partial charge in [-0.15, -0.1) is 0 Å². The molecule has 8 heteroatoms. The summed E-state index contributed by atoms with van der Waals surface area (Å²) in [6, 6.07) is 1.95. The third kappa shape index (κ3) is 3.14. The summed E-state index contributed by atoms with van der Waals surface area (Å²) in [6.07, 6.45) is 4.09. The predicted octanol–water partition coefficient (Wildman–Crippen LogP) is 0.0548. The number of methoxy groups -OCH3 is 1. The molecule has 0 saturated heterocycles.